The van der Waals surface area contributed by atoms with Crippen molar-refractivity contribution >= 4 is 22.4 Å². The first kappa shape index (κ1) is 13.2. The minimum Gasteiger partial charge on any atom is -0.477 e. The normalized spacial score (nSPS) is 14.9. The van der Waals surface area contributed by atoms with Crippen LogP contribution in [0.5, 0.6) is 0 Å². The molecule has 0 spiro atoms. The highest BCUT2D eigenvalue weighted by Gasteiger charge is 2.17. The minimum atomic E-state index is -0.895. The van der Waals surface area contributed by atoms with Crippen molar-refractivity contribution in [3.63, 3.8) is 0 Å². The zero-order valence-corrected chi connectivity index (χ0v) is 12.2. The van der Waals surface area contributed by atoms with Crippen LogP contribution in [0.25, 0.3) is 0 Å². The number of aromatic nitrogens is 2. The molecule has 1 aliphatic heterocycles. The lowest BCUT2D eigenvalue weighted by Gasteiger charge is -2.12. The van der Waals surface area contributed by atoms with Crippen LogP contribution < -0.4 is 4.90 Å². The summed E-state index contributed by atoms with van der Waals surface area (Å²) in [7, 11) is 0. The molecular formula is C14H17N3O2S. The molecule has 1 fully saturated rings. The van der Waals surface area contributed by atoms with Gasteiger partial charge in [-0.05, 0) is 31.4 Å². The molecule has 0 bridgehead atoms. The zero-order chi connectivity index (χ0) is 14.1. The molecule has 2 aromatic rings. The van der Waals surface area contributed by atoms with Gasteiger partial charge in [-0.15, -0.1) is 11.3 Å². The molecule has 106 valence electrons. The average Bonchev–Trinajstić information content (AvgIpc) is 3.09. The van der Waals surface area contributed by atoms with E-state index in [1.54, 1.807) is 22.0 Å². The number of carbonyl (C=O) groups is 1. The van der Waals surface area contributed by atoms with Gasteiger partial charge in [0.05, 0.1) is 12.2 Å². The largest absolute Gasteiger partial charge is 0.477 e. The summed E-state index contributed by atoms with van der Waals surface area (Å²) in [5.74, 6) is -0.895. The third kappa shape index (κ3) is 2.56. The molecule has 5 nitrogen and oxygen atoms in total. The molecule has 6 heteroatoms. The van der Waals surface area contributed by atoms with E-state index >= 15 is 0 Å². The second-order valence-electron chi connectivity index (χ2n) is 5.15. The predicted octanol–water partition coefficient (Wildman–Crippen LogP) is 2.60. The number of aryl methyl sites for hydroxylation is 1. The number of hydrogen-bond donors (Lipinski definition) is 1. The van der Waals surface area contributed by atoms with Crippen LogP contribution in [-0.4, -0.2) is 33.7 Å². The number of nitrogens with zero attached hydrogens (tertiary/aromatic N) is 3. The summed E-state index contributed by atoms with van der Waals surface area (Å²) in [4.78, 5) is 18.1. The van der Waals surface area contributed by atoms with E-state index in [1.165, 1.54) is 12.8 Å². The van der Waals surface area contributed by atoms with Crippen molar-refractivity contribution in [3.8, 4) is 0 Å². The summed E-state index contributed by atoms with van der Waals surface area (Å²) in [5.41, 5.74) is 2.20. The number of rotatable bonds is 4. The highest BCUT2D eigenvalue weighted by Crippen LogP contribution is 2.25. The molecule has 0 amide bonds. The summed E-state index contributed by atoms with van der Waals surface area (Å²) in [6, 6.07) is 1.69. The van der Waals surface area contributed by atoms with Crippen LogP contribution in [0.1, 0.15) is 34.6 Å². The van der Waals surface area contributed by atoms with Gasteiger partial charge in [-0.25, -0.2) is 9.78 Å². The van der Waals surface area contributed by atoms with Gasteiger partial charge >= 0.3 is 5.97 Å². The van der Waals surface area contributed by atoms with E-state index < -0.39 is 5.97 Å². The maximum Gasteiger partial charge on any atom is 0.352 e. The summed E-state index contributed by atoms with van der Waals surface area (Å²) in [6.45, 7) is 4.57. The van der Waals surface area contributed by atoms with Crippen LogP contribution in [0.15, 0.2) is 17.6 Å². The SMILES string of the molecule is Cc1cc(C(=O)O)n(Cc2csc(N3CCCC3)n2)c1. The third-order valence-electron chi connectivity index (χ3n) is 3.50. The van der Waals surface area contributed by atoms with Gasteiger partial charge in [0, 0.05) is 24.7 Å². The molecule has 0 radical (unpaired) electrons. The monoisotopic (exact) mass is 291 g/mol. The smallest absolute Gasteiger partial charge is 0.352 e. The van der Waals surface area contributed by atoms with E-state index in [2.05, 4.69) is 9.88 Å². The maximum atomic E-state index is 11.2. The number of thiazole rings is 1. The molecule has 0 aliphatic carbocycles. The predicted molar refractivity (Wildman–Crippen MR) is 78.8 cm³/mol. The minimum absolute atomic E-state index is 0.318. The lowest BCUT2D eigenvalue weighted by atomic mass is 10.3. The Kier molecular flexibility index (Phi) is 3.48. The van der Waals surface area contributed by atoms with E-state index in [4.69, 9.17) is 0 Å². The number of carboxylic acids is 1. The second kappa shape index (κ2) is 5.28. The molecular weight excluding hydrogens is 274 g/mol. The molecule has 0 aromatic carbocycles. The third-order valence-corrected chi connectivity index (χ3v) is 4.45. The van der Waals surface area contributed by atoms with Crippen molar-refractivity contribution in [2.45, 2.75) is 26.3 Å². The van der Waals surface area contributed by atoms with Crippen molar-refractivity contribution in [2.24, 2.45) is 0 Å². The van der Waals surface area contributed by atoms with E-state index in [9.17, 15) is 9.90 Å². The second-order valence-corrected chi connectivity index (χ2v) is 5.99. The fourth-order valence-corrected chi connectivity index (χ4v) is 3.43. The number of carboxylic acid groups (broad SMARTS) is 1. The molecule has 1 aliphatic rings. The highest BCUT2D eigenvalue weighted by molar-refractivity contribution is 7.13. The van der Waals surface area contributed by atoms with Gasteiger partial charge < -0.3 is 14.6 Å². The molecule has 1 N–H and O–H groups in total. The quantitative estimate of drug-likeness (QED) is 0.940. The Morgan fingerprint density at radius 3 is 2.90 bits per heavy atom. The van der Waals surface area contributed by atoms with Crippen molar-refractivity contribution < 1.29 is 9.90 Å². The van der Waals surface area contributed by atoms with Crippen LogP contribution >= 0.6 is 11.3 Å². The van der Waals surface area contributed by atoms with Crippen LogP contribution in [0.4, 0.5) is 5.13 Å². The molecule has 3 heterocycles. The van der Waals surface area contributed by atoms with Crippen LogP contribution in [0, 0.1) is 6.92 Å². The van der Waals surface area contributed by atoms with E-state index in [-0.39, 0.29) is 0 Å². The molecule has 2 aromatic heterocycles. The molecule has 0 unspecified atom stereocenters. The molecule has 3 rings (SSSR count). The average molecular weight is 291 g/mol. The van der Waals surface area contributed by atoms with Gasteiger partial charge in [0.1, 0.15) is 5.69 Å². The van der Waals surface area contributed by atoms with Crippen LogP contribution in [-0.2, 0) is 6.54 Å². The van der Waals surface area contributed by atoms with E-state index in [0.29, 0.717) is 12.2 Å². The van der Waals surface area contributed by atoms with Crippen molar-refractivity contribution in [1.82, 2.24) is 9.55 Å². The van der Waals surface area contributed by atoms with Crippen LogP contribution in [0.3, 0.4) is 0 Å². The van der Waals surface area contributed by atoms with Gasteiger partial charge in [0.25, 0.3) is 0 Å². The van der Waals surface area contributed by atoms with Crippen molar-refractivity contribution in [2.75, 3.05) is 18.0 Å². The lowest BCUT2D eigenvalue weighted by molar-refractivity contribution is 0.0685. The lowest BCUT2D eigenvalue weighted by Crippen LogP contribution is -2.17. The number of hydrogen-bond acceptors (Lipinski definition) is 4. The van der Waals surface area contributed by atoms with Gasteiger partial charge in [-0.2, -0.15) is 0 Å². The van der Waals surface area contributed by atoms with Crippen molar-refractivity contribution in [1.29, 1.82) is 0 Å². The Bertz CT molecular complexity index is 626. The van der Waals surface area contributed by atoms with Gasteiger partial charge in [0.15, 0.2) is 5.13 Å². The Labute approximate surface area is 121 Å². The van der Waals surface area contributed by atoms with Gasteiger partial charge in [0.2, 0.25) is 0 Å². The molecule has 0 saturated carbocycles. The first-order chi connectivity index (χ1) is 9.63. The van der Waals surface area contributed by atoms with Crippen LogP contribution in [0.2, 0.25) is 0 Å². The van der Waals surface area contributed by atoms with E-state index in [1.807, 2.05) is 18.5 Å². The van der Waals surface area contributed by atoms with Gasteiger partial charge in [-0.3, -0.25) is 0 Å². The Balaban J connectivity index is 1.79. The number of aromatic carboxylic acids is 1. The summed E-state index contributed by atoms with van der Waals surface area (Å²) in [6.07, 6.45) is 4.32. The Morgan fingerprint density at radius 2 is 2.20 bits per heavy atom. The fraction of sp³-hybridized carbons (Fsp3) is 0.429. The Hall–Kier alpha value is -1.82. The first-order valence-electron chi connectivity index (χ1n) is 6.73. The molecule has 0 atom stereocenters. The van der Waals surface area contributed by atoms with E-state index in [0.717, 1.165) is 29.5 Å². The molecule has 1 saturated heterocycles. The van der Waals surface area contributed by atoms with Crippen molar-refractivity contribution in [3.05, 3.63) is 34.6 Å². The molecule has 20 heavy (non-hydrogen) atoms. The van der Waals surface area contributed by atoms with Gasteiger partial charge in [-0.1, -0.05) is 0 Å². The standard InChI is InChI=1S/C14H17N3O2S/c1-10-6-12(13(18)19)17(7-10)8-11-9-20-14(15-11)16-4-2-3-5-16/h6-7,9H,2-5,8H2,1H3,(H,18,19). The highest BCUT2D eigenvalue weighted by atomic mass is 32.1. The maximum absolute atomic E-state index is 11.2. The topological polar surface area (TPSA) is 58.4 Å². The summed E-state index contributed by atoms with van der Waals surface area (Å²) >= 11 is 1.64. The Morgan fingerprint density at radius 1 is 1.45 bits per heavy atom. The summed E-state index contributed by atoms with van der Waals surface area (Å²) in [5, 5.41) is 12.3. The zero-order valence-electron chi connectivity index (χ0n) is 11.4. The summed E-state index contributed by atoms with van der Waals surface area (Å²) < 4.78 is 1.75. The fourth-order valence-electron chi connectivity index (χ4n) is 2.56. The first-order valence-corrected chi connectivity index (χ1v) is 7.61. The number of anilines is 1.